The highest BCUT2D eigenvalue weighted by Gasteiger charge is 2.16. The fourth-order valence-corrected chi connectivity index (χ4v) is 2.13. The van der Waals surface area contributed by atoms with Crippen LogP contribution in [0.4, 0.5) is 0 Å². The number of benzene rings is 2. The Morgan fingerprint density at radius 2 is 1.32 bits per heavy atom. The Labute approximate surface area is 129 Å². The average molecular weight is 298 g/mol. The second-order valence-electron chi connectivity index (χ2n) is 4.92. The zero-order valence-corrected chi connectivity index (χ0v) is 12.6. The van der Waals surface area contributed by atoms with Gasteiger partial charge in [0, 0.05) is 20.3 Å². The highest BCUT2D eigenvalue weighted by atomic mass is 16.7. The maximum absolute atomic E-state index is 11.1. The summed E-state index contributed by atoms with van der Waals surface area (Å²) in [6.45, 7) is 2.57. The molecule has 0 unspecified atom stereocenters. The van der Waals surface area contributed by atoms with Gasteiger partial charge in [-0.25, -0.2) is 0 Å². The van der Waals surface area contributed by atoms with E-state index in [9.17, 15) is 9.59 Å². The molecular formula is C18H18O4. The van der Waals surface area contributed by atoms with E-state index >= 15 is 0 Å². The lowest BCUT2D eigenvalue weighted by Crippen LogP contribution is -2.24. The molecule has 2 rings (SSSR count). The van der Waals surface area contributed by atoms with Crippen molar-refractivity contribution in [1.29, 1.82) is 0 Å². The molecule has 0 aliphatic rings. The summed E-state index contributed by atoms with van der Waals surface area (Å²) in [7, 11) is 0. The molecule has 0 N–H and O–H groups in total. The second kappa shape index (κ2) is 7.41. The zero-order chi connectivity index (χ0) is 15.9. The molecule has 0 amide bonds. The van der Waals surface area contributed by atoms with Gasteiger partial charge in [0.15, 0.2) is 0 Å². The van der Waals surface area contributed by atoms with Crippen LogP contribution in [0, 0.1) is 0 Å². The number of carbonyl (C=O) groups is 2. The van der Waals surface area contributed by atoms with Gasteiger partial charge >= 0.3 is 11.9 Å². The van der Waals surface area contributed by atoms with Crippen molar-refractivity contribution in [2.75, 3.05) is 0 Å². The average Bonchev–Trinajstić information content (AvgIpc) is 2.47. The first kappa shape index (κ1) is 15.8. The van der Waals surface area contributed by atoms with Crippen LogP contribution in [0.3, 0.4) is 0 Å². The Kier molecular flexibility index (Phi) is 5.31. The molecule has 114 valence electrons. The minimum atomic E-state index is -0.891. The van der Waals surface area contributed by atoms with E-state index in [2.05, 4.69) is 0 Å². The van der Waals surface area contributed by atoms with E-state index in [0.717, 1.165) is 16.7 Å². The lowest BCUT2D eigenvalue weighted by atomic mass is 10.0. The topological polar surface area (TPSA) is 52.6 Å². The molecule has 0 atom stereocenters. The predicted octanol–water partition coefficient (Wildman–Crippen LogP) is 3.35. The Hall–Kier alpha value is -2.62. The number of ether oxygens (including phenoxy) is 2. The number of rotatable bonds is 5. The number of carbonyl (C=O) groups excluding carboxylic acids is 2. The summed E-state index contributed by atoms with van der Waals surface area (Å²) in [5.41, 5.74) is 3.15. The van der Waals surface area contributed by atoms with E-state index in [-0.39, 0.29) is 0 Å². The van der Waals surface area contributed by atoms with Gasteiger partial charge in [-0.05, 0) is 16.7 Å². The maximum atomic E-state index is 11.1. The van der Waals surface area contributed by atoms with E-state index in [1.54, 1.807) is 0 Å². The quantitative estimate of drug-likeness (QED) is 0.627. The third kappa shape index (κ3) is 4.74. The number of esters is 2. The van der Waals surface area contributed by atoms with Crippen LogP contribution in [0.2, 0.25) is 0 Å². The summed E-state index contributed by atoms with van der Waals surface area (Å²) in [5.74, 6) is -0.959. The monoisotopic (exact) mass is 298 g/mol. The minimum absolute atomic E-state index is 0.328. The van der Waals surface area contributed by atoms with Crippen molar-refractivity contribution in [2.24, 2.45) is 0 Å². The first-order valence-corrected chi connectivity index (χ1v) is 7.03. The maximum Gasteiger partial charge on any atom is 0.305 e. The van der Waals surface area contributed by atoms with Gasteiger partial charge < -0.3 is 9.47 Å². The number of hydrogen-bond acceptors (Lipinski definition) is 4. The Bertz CT molecular complexity index is 616. The Balaban J connectivity index is 2.08. The molecule has 0 bridgehead atoms. The summed E-state index contributed by atoms with van der Waals surface area (Å²) < 4.78 is 10.00. The third-order valence-electron chi connectivity index (χ3n) is 3.06. The van der Waals surface area contributed by atoms with Crippen molar-refractivity contribution in [1.82, 2.24) is 0 Å². The van der Waals surface area contributed by atoms with Gasteiger partial charge in [-0.15, -0.1) is 0 Å². The summed E-state index contributed by atoms with van der Waals surface area (Å²) in [5, 5.41) is 0. The van der Waals surface area contributed by atoms with Gasteiger partial charge in [-0.3, -0.25) is 9.59 Å². The summed E-state index contributed by atoms with van der Waals surface area (Å²) >= 11 is 0. The fourth-order valence-electron chi connectivity index (χ4n) is 2.13. The van der Waals surface area contributed by atoms with Crippen LogP contribution in [-0.4, -0.2) is 18.2 Å². The molecule has 0 heterocycles. The van der Waals surface area contributed by atoms with Gasteiger partial charge in [-0.2, -0.15) is 0 Å². The van der Waals surface area contributed by atoms with Crippen molar-refractivity contribution < 1.29 is 19.1 Å². The Morgan fingerprint density at radius 3 is 1.82 bits per heavy atom. The molecule has 0 radical (unpaired) electrons. The van der Waals surface area contributed by atoms with Crippen molar-refractivity contribution in [3.05, 3.63) is 60.2 Å². The molecule has 0 saturated heterocycles. The minimum Gasteiger partial charge on any atom is -0.425 e. The van der Waals surface area contributed by atoms with Crippen LogP contribution in [0.25, 0.3) is 11.1 Å². The molecule has 0 fully saturated rings. The van der Waals surface area contributed by atoms with Crippen LogP contribution in [-0.2, 0) is 25.5 Å². The smallest absolute Gasteiger partial charge is 0.305 e. The van der Waals surface area contributed by atoms with E-state index in [1.165, 1.54) is 13.8 Å². The molecule has 0 aromatic heterocycles. The van der Waals surface area contributed by atoms with Crippen LogP contribution >= 0.6 is 0 Å². The molecule has 2 aromatic rings. The largest absolute Gasteiger partial charge is 0.425 e. The molecule has 0 spiro atoms. The first-order valence-electron chi connectivity index (χ1n) is 7.03. The van der Waals surface area contributed by atoms with Crippen LogP contribution < -0.4 is 0 Å². The van der Waals surface area contributed by atoms with Gasteiger partial charge in [0.05, 0.1) is 0 Å². The molecule has 0 aliphatic carbocycles. The van der Waals surface area contributed by atoms with Crippen molar-refractivity contribution >= 4 is 11.9 Å². The Morgan fingerprint density at radius 1 is 0.818 bits per heavy atom. The van der Waals surface area contributed by atoms with Gasteiger partial charge in [-0.1, -0.05) is 54.6 Å². The third-order valence-corrected chi connectivity index (χ3v) is 3.06. The fraction of sp³-hybridized carbons (Fsp3) is 0.222. The van der Waals surface area contributed by atoms with Gasteiger partial charge in [0.2, 0.25) is 0 Å². The second-order valence-corrected chi connectivity index (χ2v) is 4.92. The van der Waals surface area contributed by atoms with Crippen LogP contribution in [0.1, 0.15) is 19.4 Å². The van der Waals surface area contributed by atoms with E-state index < -0.39 is 18.2 Å². The van der Waals surface area contributed by atoms with Crippen molar-refractivity contribution in [2.45, 2.75) is 26.6 Å². The lowest BCUT2D eigenvalue weighted by Gasteiger charge is -2.16. The van der Waals surface area contributed by atoms with E-state index in [1.807, 2.05) is 54.6 Å². The van der Waals surface area contributed by atoms with Crippen LogP contribution in [0.15, 0.2) is 54.6 Å². The van der Waals surface area contributed by atoms with Crippen molar-refractivity contribution in [3.8, 4) is 11.1 Å². The molecule has 0 saturated carbocycles. The van der Waals surface area contributed by atoms with Gasteiger partial charge in [0.25, 0.3) is 6.29 Å². The molecule has 4 heteroatoms. The molecule has 2 aromatic carbocycles. The summed E-state index contributed by atoms with van der Waals surface area (Å²) in [4.78, 5) is 22.1. The normalized spacial score (nSPS) is 10.3. The number of hydrogen-bond donors (Lipinski definition) is 0. The summed E-state index contributed by atoms with van der Waals surface area (Å²) in [6.07, 6.45) is -0.564. The lowest BCUT2D eigenvalue weighted by molar-refractivity contribution is -0.184. The highest BCUT2D eigenvalue weighted by Crippen LogP contribution is 2.20. The highest BCUT2D eigenvalue weighted by molar-refractivity contribution is 5.68. The van der Waals surface area contributed by atoms with E-state index in [0.29, 0.717) is 6.42 Å². The molecule has 4 nitrogen and oxygen atoms in total. The zero-order valence-electron chi connectivity index (χ0n) is 12.6. The molecular weight excluding hydrogens is 280 g/mol. The molecule has 22 heavy (non-hydrogen) atoms. The van der Waals surface area contributed by atoms with Gasteiger partial charge in [0.1, 0.15) is 0 Å². The first-order chi connectivity index (χ1) is 10.5. The standard InChI is InChI=1S/C18H18O4/c1-13(19)21-18(22-14(2)20)12-15-8-10-17(11-9-15)16-6-4-3-5-7-16/h3-11,18H,12H2,1-2H3. The summed E-state index contributed by atoms with van der Waals surface area (Å²) in [6, 6.07) is 17.9. The van der Waals surface area contributed by atoms with E-state index in [4.69, 9.17) is 9.47 Å². The predicted molar refractivity (Wildman–Crippen MR) is 82.9 cm³/mol. The molecule has 0 aliphatic heterocycles. The SMILES string of the molecule is CC(=O)OC(Cc1ccc(-c2ccccc2)cc1)OC(C)=O. The van der Waals surface area contributed by atoms with Crippen LogP contribution in [0.5, 0.6) is 0 Å². The van der Waals surface area contributed by atoms with Crippen molar-refractivity contribution in [3.63, 3.8) is 0 Å².